The Kier molecular flexibility index (Phi) is 8.23. The number of amides is 1. The first kappa shape index (κ1) is 26.3. The van der Waals surface area contributed by atoms with Gasteiger partial charge in [-0.05, 0) is 37.0 Å². The van der Waals surface area contributed by atoms with Crippen molar-refractivity contribution in [1.29, 1.82) is 0 Å². The van der Waals surface area contributed by atoms with Gasteiger partial charge in [0, 0.05) is 30.9 Å². The fourth-order valence-electron chi connectivity index (χ4n) is 4.26. The van der Waals surface area contributed by atoms with Gasteiger partial charge in [0.05, 0.1) is 44.6 Å². The number of hydrogen-bond acceptors (Lipinski definition) is 8. The van der Waals surface area contributed by atoms with Crippen molar-refractivity contribution in [2.45, 2.75) is 26.3 Å². The van der Waals surface area contributed by atoms with Gasteiger partial charge in [-0.15, -0.1) is 0 Å². The van der Waals surface area contributed by atoms with Gasteiger partial charge < -0.3 is 24.0 Å². The maximum atomic E-state index is 13.6. The van der Waals surface area contributed by atoms with Gasteiger partial charge in [0.25, 0.3) is 0 Å². The summed E-state index contributed by atoms with van der Waals surface area (Å²) >= 11 is 1.43. The number of methoxy groups -OCH3 is 2. The van der Waals surface area contributed by atoms with Gasteiger partial charge in [-0.25, -0.2) is 9.79 Å². The number of carbonyl (C=O) groups excluding carboxylic acids is 2. The minimum atomic E-state index is -0.619. The average molecular weight is 522 g/mol. The summed E-state index contributed by atoms with van der Waals surface area (Å²) in [4.78, 5) is 35.1. The predicted molar refractivity (Wildman–Crippen MR) is 145 cm³/mol. The Morgan fingerprint density at radius 1 is 1.05 bits per heavy atom. The number of aliphatic imine (C=N–C) groups is 1. The summed E-state index contributed by atoms with van der Waals surface area (Å²) in [6.07, 6.45) is 0.171. The SMILES string of the molecule is CCOC(=O)C1=C(c2ccccc2)N=C2SC=C(CC(=O)N(C)CC)N2[C@@H]1c1cc(OC)cc(OC)c1. The van der Waals surface area contributed by atoms with E-state index in [1.807, 2.05) is 59.7 Å². The first-order valence-corrected chi connectivity index (χ1v) is 13.0. The number of amidine groups is 1. The minimum absolute atomic E-state index is 0.0203. The first-order valence-electron chi connectivity index (χ1n) is 12.1. The third kappa shape index (κ3) is 5.36. The zero-order valence-corrected chi connectivity index (χ0v) is 22.5. The van der Waals surface area contributed by atoms with Gasteiger partial charge >= 0.3 is 5.97 Å². The summed E-state index contributed by atoms with van der Waals surface area (Å²) in [5, 5.41) is 2.61. The molecule has 0 bridgehead atoms. The lowest BCUT2D eigenvalue weighted by atomic mass is 9.91. The van der Waals surface area contributed by atoms with Gasteiger partial charge in [0.1, 0.15) is 11.5 Å². The molecule has 194 valence electrons. The van der Waals surface area contributed by atoms with Gasteiger partial charge in [-0.3, -0.25) is 4.79 Å². The molecule has 0 unspecified atom stereocenters. The summed E-state index contributed by atoms with van der Waals surface area (Å²) in [7, 11) is 4.94. The molecular formula is C28H31N3O5S. The molecule has 0 saturated heterocycles. The average Bonchev–Trinajstić information content (AvgIpc) is 3.33. The molecule has 8 nitrogen and oxygen atoms in total. The van der Waals surface area contributed by atoms with E-state index >= 15 is 0 Å². The Balaban J connectivity index is 1.94. The summed E-state index contributed by atoms with van der Waals surface area (Å²) in [6.45, 7) is 4.52. The van der Waals surface area contributed by atoms with Crippen LogP contribution in [-0.2, 0) is 14.3 Å². The van der Waals surface area contributed by atoms with Crippen molar-refractivity contribution in [2.24, 2.45) is 4.99 Å². The quantitative estimate of drug-likeness (QED) is 0.437. The van der Waals surface area contributed by atoms with Crippen LogP contribution in [0.1, 0.15) is 37.4 Å². The van der Waals surface area contributed by atoms with Crippen LogP contribution in [0.4, 0.5) is 0 Å². The highest BCUT2D eigenvalue weighted by atomic mass is 32.2. The van der Waals surface area contributed by atoms with Crippen molar-refractivity contribution in [3.8, 4) is 11.5 Å². The molecule has 2 aliphatic heterocycles. The second kappa shape index (κ2) is 11.6. The van der Waals surface area contributed by atoms with Crippen LogP contribution in [0.5, 0.6) is 11.5 Å². The fourth-order valence-corrected chi connectivity index (χ4v) is 5.18. The van der Waals surface area contributed by atoms with E-state index in [1.165, 1.54) is 11.8 Å². The molecule has 1 amide bonds. The lowest BCUT2D eigenvalue weighted by molar-refractivity contribution is -0.139. The van der Waals surface area contributed by atoms with E-state index in [1.54, 1.807) is 39.2 Å². The Morgan fingerprint density at radius 3 is 2.32 bits per heavy atom. The van der Waals surface area contributed by atoms with E-state index in [0.717, 1.165) is 16.8 Å². The Hall–Kier alpha value is -3.72. The second-order valence-corrected chi connectivity index (χ2v) is 9.31. The van der Waals surface area contributed by atoms with Crippen LogP contribution in [0.2, 0.25) is 0 Å². The smallest absolute Gasteiger partial charge is 0.338 e. The van der Waals surface area contributed by atoms with Crippen molar-refractivity contribution >= 4 is 34.5 Å². The molecule has 37 heavy (non-hydrogen) atoms. The number of hydrogen-bond donors (Lipinski definition) is 0. The molecule has 9 heteroatoms. The van der Waals surface area contributed by atoms with E-state index in [-0.39, 0.29) is 18.9 Å². The normalized spacial score (nSPS) is 16.6. The summed E-state index contributed by atoms with van der Waals surface area (Å²) in [5.74, 6) is 0.682. The van der Waals surface area contributed by atoms with Crippen molar-refractivity contribution in [3.63, 3.8) is 0 Å². The third-order valence-electron chi connectivity index (χ3n) is 6.27. The number of fused-ring (bicyclic) bond motifs is 1. The summed E-state index contributed by atoms with van der Waals surface area (Å²) in [6, 6.07) is 14.5. The van der Waals surface area contributed by atoms with Crippen molar-refractivity contribution in [2.75, 3.05) is 34.4 Å². The minimum Gasteiger partial charge on any atom is -0.497 e. The molecular weight excluding hydrogens is 490 g/mol. The topological polar surface area (TPSA) is 80.7 Å². The molecule has 0 radical (unpaired) electrons. The maximum Gasteiger partial charge on any atom is 0.338 e. The monoisotopic (exact) mass is 521 g/mol. The van der Waals surface area contributed by atoms with Gasteiger partial charge in [0.2, 0.25) is 5.91 Å². The van der Waals surface area contributed by atoms with Gasteiger partial charge in [-0.2, -0.15) is 0 Å². The zero-order valence-electron chi connectivity index (χ0n) is 21.7. The Labute approximate surface area is 221 Å². The number of thioether (sulfide) groups is 1. The van der Waals surface area contributed by atoms with Crippen molar-refractivity contribution in [1.82, 2.24) is 9.80 Å². The fraction of sp³-hybridized carbons (Fsp3) is 0.321. The van der Waals surface area contributed by atoms with Crippen LogP contribution in [0.15, 0.2) is 70.2 Å². The number of benzene rings is 2. The zero-order chi connectivity index (χ0) is 26.5. The van der Waals surface area contributed by atoms with Crippen LogP contribution in [0.3, 0.4) is 0 Å². The highest BCUT2D eigenvalue weighted by Gasteiger charge is 2.42. The Morgan fingerprint density at radius 2 is 1.73 bits per heavy atom. The highest BCUT2D eigenvalue weighted by molar-refractivity contribution is 8.16. The molecule has 2 heterocycles. The van der Waals surface area contributed by atoms with Crippen LogP contribution >= 0.6 is 11.8 Å². The molecule has 1 atom stereocenters. The molecule has 0 aromatic heterocycles. The number of nitrogens with zero attached hydrogens (tertiary/aromatic N) is 3. The third-order valence-corrected chi connectivity index (χ3v) is 7.16. The summed E-state index contributed by atoms with van der Waals surface area (Å²) in [5.41, 5.74) is 3.24. The van der Waals surface area contributed by atoms with Gasteiger partial charge in [-0.1, -0.05) is 42.1 Å². The van der Waals surface area contributed by atoms with E-state index in [0.29, 0.717) is 34.5 Å². The lowest BCUT2D eigenvalue weighted by Gasteiger charge is -2.37. The molecule has 4 rings (SSSR count). The lowest BCUT2D eigenvalue weighted by Crippen LogP contribution is -2.38. The number of carbonyl (C=O) groups is 2. The largest absolute Gasteiger partial charge is 0.497 e. The standard InChI is InChI=1S/C28H31N3O5S/c1-6-30(3)23(32)15-20-17-37-28-29-25(18-11-9-8-10-12-18)24(27(33)36-7-2)26(31(20)28)19-13-21(34-4)16-22(14-19)35-5/h8-14,16-17,26H,6-7,15H2,1-5H3/t26-/m1/s1. The van der Waals surface area contributed by atoms with E-state index in [2.05, 4.69) is 0 Å². The second-order valence-electron chi connectivity index (χ2n) is 8.47. The van der Waals surface area contributed by atoms with Crippen molar-refractivity contribution < 1.29 is 23.8 Å². The van der Waals surface area contributed by atoms with E-state index in [9.17, 15) is 9.59 Å². The highest BCUT2D eigenvalue weighted by Crippen LogP contribution is 2.48. The predicted octanol–water partition coefficient (Wildman–Crippen LogP) is 4.85. The maximum absolute atomic E-state index is 13.6. The van der Waals surface area contributed by atoms with Gasteiger partial charge in [0.15, 0.2) is 5.17 Å². The number of esters is 1. The summed E-state index contributed by atoms with van der Waals surface area (Å²) < 4.78 is 16.7. The van der Waals surface area contributed by atoms with Crippen LogP contribution in [0.25, 0.3) is 5.70 Å². The molecule has 0 aliphatic carbocycles. The van der Waals surface area contributed by atoms with Crippen LogP contribution in [-0.4, -0.2) is 61.3 Å². The molecule has 0 fully saturated rings. The Bertz CT molecular complexity index is 1250. The van der Waals surface area contributed by atoms with Crippen LogP contribution < -0.4 is 9.47 Å². The molecule has 2 aliphatic rings. The van der Waals surface area contributed by atoms with Crippen LogP contribution in [0, 0.1) is 0 Å². The molecule has 0 N–H and O–H groups in total. The number of rotatable bonds is 9. The molecule has 2 aromatic carbocycles. The van der Waals surface area contributed by atoms with Crippen molar-refractivity contribution in [3.05, 3.63) is 76.3 Å². The first-order chi connectivity index (χ1) is 17.9. The van der Waals surface area contributed by atoms with E-state index < -0.39 is 12.0 Å². The number of ether oxygens (including phenoxy) is 3. The molecule has 0 saturated carbocycles. The van der Waals surface area contributed by atoms with E-state index in [4.69, 9.17) is 19.2 Å². The molecule has 2 aromatic rings. The molecule has 0 spiro atoms.